The standard InChI is InChI=1S/C30H30O3/c1-29(2)28(31)27-25(19-17-22-13-8-5-9-14-22)24-20-18-23(26(24)32-30(29,3)33-27)16-10-15-21-11-6-4-7-12-21/h4-17,19,26-27H,18,20H2,1-3H3/b15-10+,19-17+,23-16+/t26?,27-,30-/m1/s1. The van der Waals surface area contributed by atoms with Gasteiger partial charge in [0.25, 0.3) is 0 Å². The lowest BCUT2D eigenvalue weighted by molar-refractivity contribution is -0.252. The average Bonchev–Trinajstić information content (AvgIpc) is 3.22. The van der Waals surface area contributed by atoms with Crippen molar-refractivity contribution in [2.75, 3.05) is 0 Å². The predicted molar refractivity (Wildman–Crippen MR) is 132 cm³/mol. The zero-order valence-electron chi connectivity index (χ0n) is 19.5. The van der Waals surface area contributed by atoms with Crippen molar-refractivity contribution in [3.8, 4) is 0 Å². The first-order valence-electron chi connectivity index (χ1n) is 11.7. The highest BCUT2D eigenvalue weighted by Crippen LogP contribution is 2.53. The molecule has 168 valence electrons. The van der Waals surface area contributed by atoms with Crippen molar-refractivity contribution < 1.29 is 14.3 Å². The third-order valence-corrected chi connectivity index (χ3v) is 7.32. The fraction of sp³-hybridized carbons (Fsp3) is 0.300. The van der Waals surface area contributed by atoms with Gasteiger partial charge < -0.3 is 9.47 Å². The van der Waals surface area contributed by atoms with E-state index in [1.165, 1.54) is 11.1 Å². The third kappa shape index (κ3) is 3.86. The van der Waals surface area contributed by atoms with Gasteiger partial charge in [-0.15, -0.1) is 0 Å². The highest BCUT2D eigenvalue weighted by atomic mass is 16.7. The highest BCUT2D eigenvalue weighted by Gasteiger charge is 2.62. The number of carbonyl (C=O) groups is 1. The molecule has 1 unspecified atom stereocenters. The van der Waals surface area contributed by atoms with Gasteiger partial charge in [-0.2, -0.15) is 0 Å². The fourth-order valence-electron chi connectivity index (χ4n) is 4.92. The maximum absolute atomic E-state index is 13.4. The molecule has 3 heteroatoms. The zero-order valence-corrected chi connectivity index (χ0v) is 19.5. The summed E-state index contributed by atoms with van der Waals surface area (Å²) in [4.78, 5) is 13.4. The Hall–Kier alpha value is -3.01. The normalized spacial score (nSPS) is 29.9. The first-order valence-corrected chi connectivity index (χ1v) is 11.7. The number of Topliss-reactive ketones (excluding diaryl/α,β-unsaturated/α-hetero) is 1. The molecule has 1 aliphatic carbocycles. The first-order chi connectivity index (χ1) is 15.9. The van der Waals surface area contributed by atoms with E-state index >= 15 is 0 Å². The van der Waals surface area contributed by atoms with Gasteiger partial charge in [0.2, 0.25) is 0 Å². The Balaban J connectivity index is 1.54. The van der Waals surface area contributed by atoms with Crippen molar-refractivity contribution in [2.24, 2.45) is 5.41 Å². The summed E-state index contributed by atoms with van der Waals surface area (Å²) in [6, 6.07) is 20.4. The van der Waals surface area contributed by atoms with Crippen LogP contribution >= 0.6 is 0 Å². The number of hydrogen-bond acceptors (Lipinski definition) is 3. The molecule has 2 bridgehead atoms. The Kier molecular flexibility index (Phi) is 5.55. The summed E-state index contributed by atoms with van der Waals surface area (Å²) >= 11 is 0. The minimum Gasteiger partial charge on any atom is -0.337 e. The van der Waals surface area contributed by atoms with Crippen molar-refractivity contribution >= 4 is 17.9 Å². The van der Waals surface area contributed by atoms with Crippen LogP contribution in [0.3, 0.4) is 0 Å². The van der Waals surface area contributed by atoms with Crippen molar-refractivity contribution in [3.05, 3.63) is 107 Å². The molecule has 3 nitrogen and oxygen atoms in total. The minimum absolute atomic E-state index is 0.0880. The van der Waals surface area contributed by atoms with Crippen LogP contribution in [-0.2, 0) is 14.3 Å². The summed E-state index contributed by atoms with van der Waals surface area (Å²) in [5.74, 6) is -0.885. The van der Waals surface area contributed by atoms with Crippen LogP contribution in [0.5, 0.6) is 0 Å². The zero-order chi connectivity index (χ0) is 23.1. The molecule has 1 saturated carbocycles. The second kappa shape index (κ2) is 8.40. The SMILES string of the molecule is CC1(C)C(=O)[C@@H]2O[C@@]1(C)OC1C(=C2/C=C/c2ccccc2)CC/C1=C\C=C\c1ccccc1. The number of ether oxygens (including phenoxy) is 2. The van der Waals surface area contributed by atoms with Gasteiger partial charge in [-0.25, -0.2) is 0 Å². The molecule has 0 radical (unpaired) electrons. The lowest BCUT2D eigenvalue weighted by atomic mass is 9.78. The lowest BCUT2D eigenvalue weighted by Crippen LogP contribution is -2.46. The number of ketones is 1. The Labute approximate surface area is 196 Å². The maximum Gasteiger partial charge on any atom is 0.180 e. The van der Waals surface area contributed by atoms with Crippen LogP contribution in [-0.4, -0.2) is 23.8 Å². The van der Waals surface area contributed by atoms with Crippen LogP contribution < -0.4 is 0 Å². The lowest BCUT2D eigenvalue weighted by Gasteiger charge is -2.37. The number of allylic oxidation sites excluding steroid dienone is 2. The van der Waals surface area contributed by atoms with Gasteiger partial charge in [-0.3, -0.25) is 4.79 Å². The molecule has 2 aromatic carbocycles. The molecular weight excluding hydrogens is 408 g/mol. The fourth-order valence-corrected chi connectivity index (χ4v) is 4.92. The number of fused-ring (bicyclic) bond motifs is 3. The Bertz CT molecular complexity index is 1170. The van der Waals surface area contributed by atoms with Gasteiger partial charge in [0.05, 0.1) is 5.41 Å². The molecule has 3 aliphatic rings. The van der Waals surface area contributed by atoms with Crippen LogP contribution in [0.15, 0.2) is 95.6 Å². The van der Waals surface area contributed by atoms with Gasteiger partial charge >= 0.3 is 0 Å². The van der Waals surface area contributed by atoms with Crippen molar-refractivity contribution in [1.82, 2.24) is 0 Å². The summed E-state index contributed by atoms with van der Waals surface area (Å²) in [5, 5.41) is 0. The van der Waals surface area contributed by atoms with Crippen molar-refractivity contribution in [3.63, 3.8) is 0 Å². The summed E-state index contributed by atoms with van der Waals surface area (Å²) in [6.45, 7) is 5.79. The van der Waals surface area contributed by atoms with E-state index in [0.717, 1.165) is 29.5 Å². The number of benzene rings is 2. The Morgan fingerprint density at radius 3 is 2.06 bits per heavy atom. The molecule has 2 aliphatic heterocycles. The molecule has 1 saturated heterocycles. The van der Waals surface area contributed by atoms with E-state index in [4.69, 9.17) is 9.47 Å². The van der Waals surface area contributed by atoms with Crippen molar-refractivity contribution in [2.45, 2.75) is 51.6 Å². The molecule has 3 atom stereocenters. The van der Waals surface area contributed by atoms with Crippen LogP contribution in [0.2, 0.25) is 0 Å². The molecule has 2 fully saturated rings. The molecule has 0 amide bonds. The monoisotopic (exact) mass is 438 g/mol. The van der Waals surface area contributed by atoms with Crippen LogP contribution in [0.4, 0.5) is 0 Å². The van der Waals surface area contributed by atoms with Crippen LogP contribution in [0, 0.1) is 5.41 Å². The van der Waals surface area contributed by atoms with Gasteiger partial charge in [0.15, 0.2) is 11.6 Å². The van der Waals surface area contributed by atoms with E-state index in [1.54, 1.807) is 0 Å². The molecule has 2 heterocycles. The van der Waals surface area contributed by atoms with E-state index in [-0.39, 0.29) is 11.9 Å². The number of hydrogen-bond donors (Lipinski definition) is 0. The molecule has 5 rings (SSSR count). The molecular formula is C30H30O3. The number of rotatable bonds is 4. The maximum atomic E-state index is 13.4. The minimum atomic E-state index is -0.973. The Morgan fingerprint density at radius 1 is 0.788 bits per heavy atom. The summed E-state index contributed by atoms with van der Waals surface area (Å²) in [5.41, 5.74) is 4.88. The number of carbonyl (C=O) groups excluding carboxylic acids is 1. The van der Waals surface area contributed by atoms with Gasteiger partial charge in [0.1, 0.15) is 12.2 Å². The van der Waals surface area contributed by atoms with E-state index in [0.29, 0.717) is 0 Å². The largest absolute Gasteiger partial charge is 0.337 e. The van der Waals surface area contributed by atoms with E-state index in [1.807, 2.05) is 57.2 Å². The highest BCUT2D eigenvalue weighted by molar-refractivity contribution is 5.95. The summed E-state index contributed by atoms with van der Waals surface area (Å²) < 4.78 is 13.0. The topological polar surface area (TPSA) is 35.5 Å². The first kappa shape index (κ1) is 21.8. The molecule has 0 spiro atoms. The smallest absolute Gasteiger partial charge is 0.180 e. The quantitative estimate of drug-likeness (QED) is 0.544. The third-order valence-electron chi connectivity index (χ3n) is 7.32. The second-order valence-corrected chi connectivity index (χ2v) is 9.67. The van der Waals surface area contributed by atoms with Crippen LogP contribution in [0.25, 0.3) is 12.2 Å². The van der Waals surface area contributed by atoms with Gasteiger partial charge in [0, 0.05) is 0 Å². The van der Waals surface area contributed by atoms with E-state index < -0.39 is 17.3 Å². The predicted octanol–water partition coefficient (Wildman–Crippen LogP) is 6.54. The van der Waals surface area contributed by atoms with Crippen molar-refractivity contribution in [1.29, 1.82) is 0 Å². The molecule has 33 heavy (non-hydrogen) atoms. The molecule has 0 N–H and O–H groups in total. The van der Waals surface area contributed by atoms with E-state index in [2.05, 4.69) is 54.6 Å². The summed E-state index contributed by atoms with van der Waals surface area (Å²) in [6.07, 6.45) is 11.5. The van der Waals surface area contributed by atoms with Gasteiger partial charge in [-0.05, 0) is 61.5 Å². The summed E-state index contributed by atoms with van der Waals surface area (Å²) in [7, 11) is 0. The molecule has 0 aromatic heterocycles. The van der Waals surface area contributed by atoms with Crippen LogP contribution in [0.1, 0.15) is 44.7 Å². The Morgan fingerprint density at radius 2 is 1.39 bits per heavy atom. The average molecular weight is 439 g/mol. The molecule has 2 aromatic rings. The van der Waals surface area contributed by atoms with E-state index in [9.17, 15) is 4.79 Å². The second-order valence-electron chi connectivity index (χ2n) is 9.67. The van der Waals surface area contributed by atoms with Gasteiger partial charge in [-0.1, -0.05) is 91.0 Å².